The van der Waals surface area contributed by atoms with Gasteiger partial charge in [-0.3, -0.25) is 9.79 Å². The summed E-state index contributed by atoms with van der Waals surface area (Å²) in [7, 11) is 0. The van der Waals surface area contributed by atoms with Crippen molar-refractivity contribution >= 4 is 41.0 Å². The van der Waals surface area contributed by atoms with Crippen molar-refractivity contribution in [3.8, 4) is 0 Å². The minimum absolute atomic E-state index is 0.0675. The van der Waals surface area contributed by atoms with Gasteiger partial charge in [-0.15, -0.1) is 0 Å². The highest BCUT2D eigenvalue weighted by Gasteiger charge is 2.13. The third-order valence-corrected chi connectivity index (χ3v) is 3.83. The van der Waals surface area contributed by atoms with Gasteiger partial charge < -0.3 is 0 Å². The fourth-order valence-corrected chi connectivity index (χ4v) is 2.21. The molecule has 1 aromatic rings. The van der Waals surface area contributed by atoms with Gasteiger partial charge in [0, 0.05) is 5.56 Å². The summed E-state index contributed by atoms with van der Waals surface area (Å²) in [6, 6.07) is 4.77. The Labute approximate surface area is 127 Å². The number of benzene rings is 1. The van der Waals surface area contributed by atoms with Gasteiger partial charge in [0.25, 0.3) is 5.91 Å². The van der Waals surface area contributed by atoms with Crippen LogP contribution in [0, 0.1) is 0 Å². The van der Waals surface area contributed by atoms with E-state index in [2.05, 4.69) is 15.5 Å². The number of nitrogens with one attached hydrogen (secondary N) is 1. The molecule has 1 aliphatic heterocycles. The van der Waals surface area contributed by atoms with Gasteiger partial charge in [0.1, 0.15) is 0 Å². The molecule has 1 atom stereocenters. The first kappa shape index (κ1) is 15.0. The lowest BCUT2D eigenvalue weighted by atomic mass is 10.0. The van der Waals surface area contributed by atoms with E-state index < -0.39 is 0 Å². The zero-order valence-electron chi connectivity index (χ0n) is 11.1. The minimum atomic E-state index is -0.317. The van der Waals surface area contributed by atoms with Crippen LogP contribution in [-0.2, 0) is 0 Å². The topological polar surface area (TPSA) is 53.8 Å². The van der Waals surface area contributed by atoms with E-state index in [-0.39, 0.29) is 11.9 Å². The molecule has 1 unspecified atom stereocenters. The molecule has 106 valence electrons. The summed E-state index contributed by atoms with van der Waals surface area (Å²) in [5.41, 5.74) is 3.74. The predicted octanol–water partition coefficient (Wildman–Crippen LogP) is 3.72. The standard InChI is InChI=1S/C14H15Cl2N3O/c1-9(13-4-2-3-7-17-13)18-19-14(20)10-5-6-11(15)12(16)8-10/h5-8,13H,2-4H2,1H3,(H,19,20)/b18-9+. The average Bonchev–Trinajstić information content (AvgIpc) is 2.48. The zero-order valence-corrected chi connectivity index (χ0v) is 12.6. The molecule has 1 aliphatic rings. The van der Waals surface area contributed by atoms with Crippen molar-refractivity contribution in [2.24, 2.45) is 10.1 Å². The summed E-state index contributed by atoms with van der Waals surface area (Å²) >= 11 is 11.7. The number of hydrogen-bond donors (Lipinski definition) is 1. The molecular weight excluding hydrogens is 297 g/mol. The van der Waals surface area contributed by atoms with E-state index in [1.807, 2.05) is 13.1 Å². The normalized spacial score (nSPS) is 18.9. The summed E-state index contributed by atoms with van der Waals surface area (Å²) in [5.74, 6) is -0.317. The number of hydrogen-bond acceptors (Lipinski definition) is 3. The third-order valence-electron chi connectivity index (χ3n) is 3.09. The molecule has 2 rings (SSSR count). The second-order valence-electron chi connectivity index (χ2n) is 4.60. The van der Waals surface area contributed by atoms with Gasteiger partial charge in [-0.1, -0.05) is 23.2 Å². The first-order chi connectivity index (χ1) is 9.58. The summed E-state index contributed by atoms with van der Waals surface area (Å²) in [4.78, 5) is 16.3. The Hall–Kier alpha value is -1.39. The van der Waals surface area contributed by atoms with Crippen molar-refractivity contribution in [1.29, 1.82) is 0 Å². The van der Waals surface area contributed by atoms with Gasteiger partial charge >= 0.3 is 0 Å². The van der Waals surface area contributed by atoms with Gasteiger partial charge in [0.15, 0.2) is 0 Å². The third kappa shape index (κ3) is 3.81. The van der Waals surface area contributed by atoms with Crippen LogP contribution in [-0.4, -0.2) is 23.9 Å². The number of carbonyl (C=O) groups excluding carboxylic acids is 1. The van der Waals surface area contributed by atoms with Gasteiger partial charge in [0.05, 0.1) is 21.8 Å². The number of carbonyl (C=O) groups is 1. The first-order valence-electron chi connectivity index (χ1n) is 6.39. The van der Waals surface area contributed by atoms with E-state index in [9.17, 15) is 4.79 Å². The van der Waals surface area contributed by atoms with Gasteiger partial charge in [-0.25, -0.2) is 5.43 Å². The largest absolute Gasteiger partial charge is 0.288 e. The molecule has 1 N–H and O–H groups in total. The van der Waals surface area contributed by atoms with E-state index in [4.69, 9.17) is 23.2 Å². The first-order valence-corrected chi connectivity index (χ1v) is 7.14. The molecule has 0 bridgehead atoms. The number of rotatable bonds is 3. The van der Waals surface area contributed by atoms with Crippen LogP contribution in [0.1, 0.15) is 36.5 Å². The van der Waals surface area contributed by atoms with E-state index in [0.717, 1.165) is 25.0 Å². The molecule has 6 heteroatoms. The number of hydrazone groups is 1. The summed E-state index contributed by atoms with van der Waals surface area (Å²) < 4.78 is 0. The molecule has 0 spiro atoms. The number of nitrogens with zero attached hydrogens (tertiary/aromatic N) is 2. The monoisotopic (exact) mass is 311 g/mol. The van der Waals surface area contributed by atoms with E-state index in [0.29, 0.717) is 15.6 Å². The number of aliphatic imine (C=N–C) groups is 1. The Bertz CT molecular complexity index is 570. The van der Waals surface area contributed by atoms with Gasteiger partial charge in [-0.2, -0.15) is 5.10 Å². The van der Waals surface area contributed by atoms with Crippen LogP contribution in [0.2, 0.25) is 10.0 Å². The molecule has 1 amide bonds. The summed E-state index contributed by atoms with van der Waals surface area (Å²) in [5, 5.41) is 4.86. The molecule has 4 nitrogen and oxygen atoms in total. The van der Waals surface area contributed by atoms with Gasteiger partial charge in [0.2, 0.25) is 0 Å². The van der Waals surface area contributed by atoms with Crippen molar-refractivity contribution < 1.29 is 4.79 Å². The molecule has 0 radical (unpaired) electrons. The number of halogens is 2. The Kier molecular flexibility index (Phi) is 5.15. The van der Waals surface area contributed by atoms with Crippen LogP contribution in [0.15, 0.2) is 28.3 Å². The van der Waals surface area contributed by atoms with Crippen LogP contribution < -0.4 is 5.43 Å². The second-order valence-corrected chi connectivity index (χ2v) is 5.42. The molecule has 20 heavy (non-hydrogen) atoms. The van der Waals surface area contributed by atoms with Crippen molar-refractivity contribution in [3.63, 3.8) is 0 Å². The Balaban J connectivity index is 2.02. The molecule has 0 saturated heterocycles. The lowest BCUT2D eigenvalue weighted by molar-refractivity contribution is 0.0954. The molecule has 0 saturated carbocycles. The maximum absolute atomic E-state index is 11.9. The van der Waals surface area contributed by atoms with Crippen LogP contribution in [0.4, 0.5) is 0 Å². The van der Waals surface area contributed by atoms with Crippen LogP contribution in [0.5, 0.6) is 0 Å². The lowest BCUT2D eigenvalue weighted by Gasteiger charge is -2.15. The Morgan fingerprint density at radius 1 is 1.40 bits per heavy atom. The summed E-state index contributed by atoms with van der Waals surface area (Å²) in [6.07, 6.45) is 4.99. The van der Waals surface area contributed by atoms with Crippen molar-refractivity contribution in [2.45, 2.75) is 32.2 Å². The van der Waals surface area contributed by atoms with Crippen LogP contribution in [0.25, 0.3) is 0 Å². The number of amides is 1. The zero-order chi connectivity index (χ0) is 14.5. The molecule has 1 heterocycles. The van der Waals surface area contributed by atoms with E-state index >= 15 is 0 Å². The highest BCUT2D eigenvalue weighted by molar-refractivity contribution is 6.42. The average molecular weight is 312 g/mol. The fraction of sp³-hybridized carbons (Fsp3) is 0.357. The smallest absolute Gasteiger partial charge is 0.271 e. The maximum atomic E-state index is 11.9. The van der Waals surface area contributed by atoms with E-state index in [1.54, 1.807) is 12.1 Å². The lowest BCUT2D eigenvalue weighted by Crippen LogP contribution is -2.25. The molecule has 0 fully saturated rings. The van der Waals surface area contributed by atoms with Crippen LogP contribution in [0.3, 0.4) is 0 Å². The fourth-order valence-electron chi connectivity index (χ4n) is 1.91. The molecule has 0 aliphatic carbocycles. The molecular formula is C14H15Cl2N3O. The van der Waals surface area contributed by atoms with Crippen molar-refractivity contribution in [3.05, 3.63) is 33.8 Å². The maximum Gasteiger partial charge on any atom is 0.271 e. The summed E-state index contributed by atoms with van der Waals surface area (Å²) in [6.45, 7) is 1.86. The van der Waals surface area contributed by atoms with Crippen LogP contribution >= 0.6 is 23.2 Å². The SMILES string of the molecule is C/C(=N\NC(=O)c1ccc(Cl)c(Cl)c1)C1CCCC=N1. The molecule has 0 aromatic heterocycles. The molecule has 1 aromatic carbocycles. The second kappa shape index (κ2) is 6.86. The van der Waals surface area contributed by atoms with Crippen molar-refractivity contribution in [1.82, 2.24) is 5.43 Å². The van der Waals surface area contributed by atoms with Gasteiger partial charge in [-0.05, 0) is 50.6 Å². The van der Waals surface area contributed by atoms with E-state index in [1.165, 1.54) is 6.07 Å². The Morgan fingerprint density at radius 2 is 2.20 bits per heavy atom. The highest BCUT2D eigenvalue weighted by Crippen LogP contribution is 2.22. The highest BCUT2D eigenvalue weighted by atomic mass is 35.5. The minimum Gasteiger partial charge on any atom is -0.288 e. The van der Waals surface area contributed by atoms with Crippen molar-refractivity contribution in [2.75, 3.05) is 0 Å². The Morgan fingerprint density at radius 3 is 2.85 bits per heavy atom. The quantitative estimate of drug-likeness (QED) is 0.671. The predicted molar refractivity (Wildman–Crippen MR) is 83.2 cm³/mol.